The highest BCUT2D eigenvalue weighted by molar-refractivity contribution is 7.99. The topological polar surface area (TPSA) is 0 Å². The number of aryl methyl sites for hydroxylation is 2. The third-order valence-corrected chi connectivity index (χ3v) is 3.90. The van der Waals surface area contributed by atoms with Crippen LogP contribution >= 0.6 is 11.8 Å². The second-order valence-electron chi connectivity index (χ2n) is 4.03. The first-order valence-electron chi connectivity index (χ1n) is 6.15. The second-order valence-corrected chi connectivity index (χ2v) is 5.20. The van der Waals surface area contributed by atoms with Crippen molar-refractivity contribution in [3.63, 3.8) is 0 Å². The molecule has 2 aromatic rings. The van der Waals surface area contributed by atoms with Crippen LogP contribution in [0.15, 0.2) is 59.5 Å². The van der Waals surface area contributed by atoms with Gasteiger partial charge in [-0.05, 0) is 36.1 Å². The molecule has 0 heterocycles. The minimum atomic E-state index is 1.13. The van der Waals surface area contributed by atoms with E-state index in [4.69, 9.17) is 0 Å². The summed E-state index contributed by atoms with van der Waals surface area (Å²) in [6, 6.07) is 19.4. The molecule has 2 rings (SSSR count). The van der Waals surface area contributed by atoms with E-state index in [1.54, 1.807) is 0 Å². The largest absolute Gasteiger partial charge is 0.126 e. The number of benzene rings is 2. The molecule has 0 saturated carbocycles. The van der Waals surface area contributed by atoms with Crippen molar-refractivity contribution in [1.82, 2.24) is 0 Å². The summed E-state index contributed by atoms with van der Waals surface area (Å²) in [7, 11) is 0. The highest BCUT2D eigenvalue weighted by atomic mass is 32.2. The smallest absolute Gasteiger partial charge is 0.00720 e. The predicted molar refractivity (Wildman–Crippen MR) is 76.7 cm³/mol. The minimum absolute atomic E-state index is 1.13. The van der Waals surface area contributed by atoms with Crippen LogP contribution in [0, 0.1) is 0 Å². The summed E-state index contributed by atoms with van der Waals surface area (Å²) >= 11 is 1.93. The molecular weight excluding hydrogens is 224 g/mol. The van der Waals surface area contributed by atoms with Crippen molar-refractivity contribution in [3.8, 4) is 0 Å². The maximum atomic E-state index is 2.25. The van der Waals surface area contributed by atoms with Gasteiger partial charge in [0.1, 0.15) is 0 Å². The molecule has 0 nitrogen and oxygen atoms in total. The summed E-state index contributed by atoms with van der Waals surface area (Å²) < 4.78 is 0. The lowest BCUT2D eigenvalue weighted by Crippen LogP contribution is -1.94. The van der Waals surface area contributed by atoms with Gasteiger partial charge in [0.2, 0.25) is 0 Å². The van der Waals surface area contributed by atoms with Crippen LogP contribution in [0.4, 0.5) is 0 Å². The molecule has 17 heavy (non-hydrogen) atoms. The third kappa shape index (κ3) is 3.64. The van der Waals surface area contributed by atoms with Crippen LogP contribution in [0.5, 0.6) is 0 Å². The van der Waals surface area contributed by atoms with Gasteiger partial charge in [0.25, 0.3) is 0 Å². The summed E-state index contributed by atoms with van der Waals surface area (Å²) in [5.74, 6) is 1.15. The van der Waals surface area contributed by atoms with Crippen LogP contribution in [0.25, 0.3) is 0 Å². The Morgan fingerprint density at radius 3 is 2.18 bits per heavy atom. The normalized spacial score (nSPS) is 10.4. The molecule has 1 heteroatoms. The van der Waals surface area contributed by atoms with Gasteiger partial charge in [-0.25, -0.2) is 0 Å². The minimum Gasteiger partial charge on any atom is -0.126 e. The molecule has 0 aromatic heterocycles. The van der Waals surface area contributed by atoms with Gasteiger partial charge in [-0.15, -0.1) is 11.8 Å². The van der Waals surface area contributed by atoms with E-state index in [1.165, 1.54) is 16.0 Å². The van der Waals surface area contributed by atoms with E-state index in [-0.39, 0.29) is 0 Å². The fraction of sp³-hybridized carbons (Fsp3) is 0.250. The fourth-order valence-corrected chi connectivity index (χ4v) is 2.85. The fourth-order valence-electron chi connectivity index (χ4n) is 1.94. The predicted octanol–water partition coefficient (Wildman–Crippen LogP) is 4.58. The van der Waals surface area contributed by atoms with Crippen molar-refractivity contribution >= 4 is 11.8 Å². The van der Waals surface area contributed by atoms with Crippen LogP contribution in [0.1, 0.15) is 18.1 Å². The highest BCUT2D eigenvalue weighted by Crippen LogP contribution is 2.19. The zero-order chi connectivity index (χ0) is 11.9. The SMILES string of the molecule is CCc1ccccc1CCSc1ccccc1. The van der Waals surface area contributed by atoms with E-state index in [0.29, 0.717) is 0 Å². The molecule has 88 valence electrons. The molecule has 0 saturated heterocycles. The van der Waals surface area contributed by atoms with Crippen molar-refractivity contribution in [1.29, 1.82) is 0 Å². The Kier molecular flexibility index (Phi) is 4.69. The lowest BCUT2D eigenvalue weighted by atomic mass is 10.0. The zero-order valence-corrected chi connectivity index (χ0v) is 11.0. The summed E-state index contributed by atoms with van der Waals surface area (Å²) in [6.07, 6.45) is 2.29. The summed E-state index contributed by atoms with van der Waals surface area (Å²) in [5.41, 5.74) is 2.99. The molecule has 0 aliphatic heterocycles. The molecular formula is C16H18S. The lowest BCUT2D eigenvalue weighted by molar-refractivity contribution is 1.04. The van der Waals surface area contributed by atoms with Gasteiger partial charge in [0.15, 0.2) is 0 Å². The van der Waals surface area contributed by atoms with Crippen LogP contribution in [-0.4, -0.2) is 5.75 Å². The molecule has 0 radical (unpaired) electrons. The maximum absolute atomic E-state index is 2.25. The van der Waals surface area contributed by atoms with Gasteiger partial charge < -0.3 is 0 Å². The Hall–Kier alpha value is -1.21. The number of thioether (sulfide) groups is 1. The van der Waals surface area contributed by atoms with Crippen molar-refractivity contribution in [2.75, 3.05) is 5.75 Å². The third-order valence-electron chi connectivity index (χ3n) is 2.88. The van der Waals surface area contributed by atoms with Gasteiger partial charge in [0.05, 0.1) is 0 Å². The Bertz CT molecular complexity index is 448. The first kappa shape index (κ1) is 12.3. The number of hydrogen-bond acceptors (Lipinski definition) is 1. The Morgan fingerprint density at radius 1 is 0.824 bits per heavy atom. The Balaban J connectivity index is 1.90. The molecule has 0 aliphatic rings. The molecule has 0 bridgehead atoms. The Morgan fingerprint density at radius 2 is 1.47 bits per heavy atom. The lowest BCUT2D eigenvalue weighted by Gasteiger charge is -2.07. The standard InChI is InChI=1S/C16H18S/c1-2-14-8-6-7-9-15(14)12-13-17-16-10-4-3-5-11-16/h3-11H,2,12-13H2,1H3. The molecule has 0 aliphatic carbocycles. The first-order chi connectivity index (χ1) is 8.40. The number of hydrogen-bond donors (Lipinski definition) is 0. The second kappa shape index (κ2) is 6.51. The van der Waals surface area contributed by atoms with Crippen LogP contribution in [-0.2, 0) is 12.8 Å². The van der Waals surface area contributed by atoms with Gasteiger partial charge >= 0.3 is 0 Å². The average molecular weight is 242 g/mol. The quantitative estimate of drug-likeness (QED) is 0.691. The van der Waals surface area contributed by atoms with Gasteiger partial charge in [-0.3, -0.25) is 0 Å². The maximum Gasteiger partial charge on any atom is 0.00720 e. The van der Waals surface area contributed by atoms with Gasteiger partial charge in [-0.2, -0.15) is 0 Å². The van der Waals surface area contributed by atoms with Crippen LogP contribution in [0.2, 0.25) is 0 Å². The van der Waals surface area contributed by atoms with Crippen LogP contribution < -0.4 is 0 Å². The summed E-state index contributed by atoms with van der Waals surface area (Å²) in [6.45, 7) is 2.23. The van der Waals surface area contributed by atoms with Crippen molar-refractivity contribution in [2.45, 2.75) is 24.7 Å². The van der Waals surface area contributed by atoms with E-state index in [0.717, 1.165) is 18.6 Å². The molecule has 0 spiro atoms. The van der Waals surface area contributed by atoms with E-state index >= 15 is 0 Å². The number of rotatable bonds is 5. The van der Waals surface area contributed by atoms with E-state index in [2.05, 4.69) is 61.5 Å². The zero-order valence-electron chi connectivity index (χ0n) is 10.2. The van der Waals surface area contributed by atoms with E-state index in [9.17, 15) is 0 Å². The van der Waals surface area contributed by atoms with Crippen molar-refractivity contribution in [3.05, 3.63) is 65.7 Å². The molecule has 0 N–H and O–H groups in total. The summed E-state index contributed by atoms with van der Waals surface area (Å²) in [4.78, 5) is 1.36. The van der Waals surface area contributed by atoms with E-state index < -0.39 is 0 Å². The molecule has 0 fully saturated rings. The van der Waals surface area contributed by atoms with Gasteiger partial charge in [0, 0.05) is 10.6 Å². The van der Waals surface area contributed by atoms with Crippen molar-refractivity contribution in [2.24, 2.45) is 0 Å². The molecule has 0 atom stereocenters. The highest BCUT2D eigenvalue weighted by Gasteiger charge is 2.00. The Labute approximate surface area is 108 Å². The van der Waals surface area contributed by atoms with E-state index in [1.807, 2.05) is 11.8 Å². The van der Waals surface area contributed by atoms with Crippen LogP contribution in [0.3, 0.4) is 0 Å². The first-order valence-corrected chi connectivity index (χ1v) is 7.13. The average Bonchev–Trinajstić information content (AvgIpc) is 2.40. The molecule has 0 amide bonds. The monoisotopic (exact) mass is 242 g/mol. The molecule has 0 unspecified atom stereocenters. The van der Waals surface area contributed by atoms with Crippen molar-refractivity contribution < 1.29 is 0 Å². The molecule has 2 aromatic carbocycles. The summed E-state index contributed by atoms with van der Waals surface area (Å²) in [5, 5.41) is 0. The van der Waals surface area contributed by atoms with Gasteiger partial charge in [-0.1, -0.05) is 49.4 Å².